The zero-order valence-corrected chi connectivity index (χ0v) is 15.3. The van der Waals surface area contributed by atoms with Gasteiger partial charge in [0.05, 0.1) is 6.10 Å². The highest BCUT2D eigenvalue weighted by Crippen LogP contribution is 2.75. The number of fused-ring (bicyclic) bond motifs is 3. The molecule has 2 N–H and O–H groups in total. The summed E-state index contributed by atoms with van der Waals surface area (Å²) in [7, 11) is 0. The lowest BCUT2D eigenvalue weighted by atomic mass is 9.47. The van der Waals surface area contributed by atoms with Gasteiger partial charge < -0.3 is 14.9 Å². The van der Waals surface area contributed by atoms with E-state index in [2.05, 4.69) is 6.92 Å². The number of hydrogen-bond acceptors (Lipinski definition) is 5. The van der Waals surface area contributed by atoms with Crippen molar-refractivity contribution in [1.82, 2.24) is 0 Å². The van der Waals surface area contributed by atoms with Crippen molar-refractivity contribution in [2.75, 3.05) is 6.61 Å². The average Bonchev–Trinajstić information content (AvgIpc) is 3.27. The molecule has 3 saturated carbocycles. The number of rotatable bonds is 2. The van der Waals surface area contributed by atoms with Gasteiger partial charge in [-0.1, -0.05) is 18.6 Å². The molecule has 5 aliphatic rings. The standard InChI is InChI=1S/C21H26O5/c1-18-7-5-13(23)9-12(18)3-4-15-14-6-8-20(25,16(24)11-22)19(14,2)10-17-21(15,18)26-17/h5,7,9,14-15,17,22,25H,3-4,6,8,10-11H2,1-2H3/t14-,15-,17?,18-,19-,20-,21-/m0/s1. The highest BCUT2D eigenvalue weighted by Gasteiger charge is 2.81. The van der Waals surface area contributed by atoms with Crippen molar-refractivity contribution in [3.8, 4) is 0 Å². The zero-order chi connectivity index (χ0) is 18.5. The molecule has 4 fully saturated rings. The summed E-state index contributed by atoms with van der Waals surface area (Å²) in [4.78, 5) is 24.3. The Balaban J connectivity index is 1.58. The fourth-order valence-electron chi connectivity index (χ4n) is 7.24. The van der Waals surface area contributed by atoms with Crippen molar-refractivity contribution < 1.29 is 24.5 Å². The van der Waals surface area contributed by atoms with Gasteiger partial charge in [-0.3, -0.25) is 9.59 Å². The second kappa shape index (κ2) is 4.75. The molecule has 0 bridgehead atoms. The summed E-state index contributed by atoms with van der Waals surface area (Å²) in [5, 5.41) is 20.6. The molecule has 4 aliphatic carbocycles. The van der Waals surface area contributed by atoms with E-state index >= 15 is 0 Å². The number of Topliss-reactive ketones (excluding diaryl/α,β-unsaturated/α-hetero) is 1. The number of ketones is 2. The van der Waals surface area contributed by atoms with Gasteiger partial charge in [0.15, 0.2) is 11.6 Å². The van der Waals surface area contributed by atoms with Gasteiger partial charge in [0.1, 0.15) is 17.8 Å². The first-order chi connectivity index (χ1) is 12.2. The Kier molecular flexibility index (Phi) is 3.08. The van der Waals surface area contributed by atoms with E-state index in [1.54, 1.807) is 12.2 Å². The number of carbonyl (C=O) groups excluding carboxylic acids is 2. The number of hydrogen-bond donors (Lipinski definition) is 2. The third-order valence-corrected chi connectivity index (χ3v) is 8.69. The molecule has 0 amide bonds. The molecule has 0 radical (unpaired) electrons. The van der Waals surface area contributed by atoms with Crippen LogP contribution in [0.1, 0.15) is 46.0 Å². The van der Waals surface area contributed by atoms with Crippen LogP contribution in [0.25, 0.3) is 0 Å². The number of aliphatic hydroxyl groups excluding tert-OH is 1. The molecule has 1 aliphatic heterocycles. The molecule has 5 rings (SSSR count). The molecule has 1 unspecified atom stereocenters. The predicted molar refractivity (Wildman–Crippen MR) is 93.2 cm³/mol. The van der Waals surface area contributed by atoms with E-state index < -0.39 is 23.4 Å². The molecule has 1 saturated heterocycles. The number of epoxide rings is 1. The van der Waals surface area contributed by atoms with Crippen LogP contribution in [0.3, 0.4) is 0 Å². The minimum Gasteiger partial charge on any atom is -0.388 e. The molecular weight excluding hydrogens is 332 g/mol. The van der Waals surface area contributed by atoms with E-state index in [-0.39, 0.29) is 34.7 Å². The van der Waals surface area contributed by atoms with Gasteiger partial charge in [0.2, 0.25) is 0 Å². The third kappa shape index (κ3) is 1.60. The second-order valence-corrected chi connectivity index (χ2v) is 9.36. The molecule has 5 heteroatoms. The van der Waals surface area contributed by atoms with Gasteiger partial charge in [-0.2, -0.15) is 0 Å². The topological polar surface area (TPSA) is 87.1 Å². The molecule has 0 aromatic heterocycles. The fourth-order valence-corrected chi connectivity index (χ4v) is 7.24. The molecule has 140 valence electrons. The molecule has 1 heterocycles. The lowest BCUT2D eigenvalue weighted by Crippen LogP contribution is -2.61. The van der Waals surface area contributed by atoms with Gasteiger partial charge in [-0.05, 0) is 63.0 Å². The van der Waals surface area contributed by atoms with Crippen LogP contribution in [0.5, 0.6) is 0 Å². The molecule has 0 aromatic carbocycles. The summed E-state index contributed by atoms with van der Waals surface area (Å²) >= 11 is 0. The van der Waals surface area contributed by atoms with E-state index in [4.69, 9.17) is 4.74 Å². The van der Waals surface area contributed by atoms with Crippen molar-refractivity contribution in [1.29, 1.82) is 0 Å². The smallest absolute Gasteiger partial charge is 0.190 e. The number of carbonyl (C=O) groups is 2. The summed E-state index contributed by atoms with van der Waals surface area (Å²) < 4.78 is 6.40. The van der Waals surface area contributed by atoms with E-state index in [0.29, 0.717) is 12.8 Å². The Morgan fingerprint density at radius 3 is 2.81 bits per heavy atom. The van der Waals surface area contributed by atoms with Crippen molar-refractivity contribution in [2.24, 2.45) is 22.7 Å². The van der Waals surface area contributed by atoms with Gasteiger partial charge in [-0.15, -0.1) is 0 Å². The summed E-state index contributed by atoms with van der Waals surface area (Å²) in [5.41, 5.74) is -1.45. The number of aliphatic hydroxyl groups is 2. The van der Waals surface area contributed by atoms with Gasteiger partial charge in [0, 0.05) is 10.8 Å². The van der Waals surface area contributed by atoms with Crippen LogP contribution >= 0.6 is 0 Å². The summed E-state index contributed by atoms with van der Waals surface area (Å²) in [6.45, 7) is 3.57. The molecule has 1 spiro atoms. The number of allylic oxidation sites excluding steroid dienone is 2. The van der Waals surface area contributed by atoms with Crippen LogP contribution in [0, 0.1) is 22.7 Å². The van der Waals surface area contributed by atoms with Crippen LogP contribution in [-0.4, -0.2) is 45.7 Å². The highest BCUT2D eigenvalue weighted by molar-refractivity contribution is 6.01. The number of ether oxygens (including phenoxy) is 1. The Morgan fingerprint density at radius 2 is 2.08 bits per heavy atom. The van der Waals surface area contributed by atoms with Crippen molar-refractivity contribution in [2.45, 2.75) is 63.3 Å². The SMILES string of the molecule is C[C@]12C=CC(=O)C=C1CC[C@H]1[C@@H]3CC[C@](O)(C(=O)CO)[C@@]3(C)CC3O[C@]312. The minimum absolute atomic E-state index is 0.0172. The maximum atomic E-state index is 12.4. The summed E-state index contributed by atoms with van der Waals surface area (Å²) in [6.07, 6.45) is 9.04. The highest BCUT2D eigenvalue weighted by atomic mass is 16.6. The lowest BCUT2D eigenvalue weighted by molar-refractivity contribution is -0.159. The van der Waals surface area contributed by atoms with Crippen molar-refractivity contribution in [3.05, 3.63) is 23.8 Å². The first kappa shape index (κ1) is 16.8. The first-order valence-electron chi connectivity index (χ1n) is 9.71. The van der Waals surface area contributed by atoms with Gasteiger partial charge in [-0.25, -0.2) is 0 Å². The Morgan fingerprint density at radius 1 is 1.31 bits per heavy atom. The largest absolute Gasteiger partial charge is 0.388 e. The predicted octanol–water partition coefficient (Wildman–Crippen LogP) is 1.72. The van der Waals surface area contributed by atoms with E-state index in [0.717, 1.165) is 24.8 Å². The average molecular weight is 358 g/mol. The molecular formula is C21H26O5. The Hall–Kier alpha value is -1.30. The third-order valence-electron chi connectivity index (χ3n) is 8.69. The quantitative estimate of drug-likeness (QED) is 0.734. The van der Waals surface area contributed by atoms with Crippen LogP contribution in [0.2, 0.25) is 0 Å². The van der Waals surface area contributed by atoms with Crippen LogP contribution in [0.4, 0.5) is 0 Å². The lowest BCUT2D eigenvalue weighted by Gasteiger charge is -2.55. The molecule has 7 atom stereocenters. The molecule has 26 heavy (non-hydrogen) atoms. The summed E-state index contributed by atoms with van der Waals surface area (Å²) in [5.74, 6) is 0.0355. The maximum absolute atomic E-state index is 12.4. The molecule has 5 nitrogen and oxygen atoms in total. The monoisotopic (exact) mass is 358 g/mol. The van der Waals surface area contributed by atoms with Crippen LogP contribution in [0.15, 0.2) is 23.8 Å². The van der Waals surface area contributed by atoms with E-state index in [1.807, 2.05) is 13.0 Å². The Labute approximate surface area is 153 Å². The van der Waals surface area contributed by atoms with Crippen LogP contribution in [-0.2, 0) is 14.3 Å². The summed E-state index contributed by atoms with van der Waals surface area (Å²) in [6, 6.07) is 0. The van der Waals surface area contributed by atoms with Crippen molar-refractivity contribution in [3.63, 3.8) is 0 Å². The normalized spacial score (nSPS) is 53.9. The zero-order valence-electron chi connectivity index (χ0n) is 15.3. The van der Waals surface area contributed by atoms with E-state index in [9.17, 15) is 19.8 Å². The Bertz CT molecular complexity index is 783. The molecule has 0 aromatic rings. The van der Waals surface area contributed by atoms with Crippen LogP contribution < -0.4 is 0 Å². The first-order valence-corrected chi connectivity index (χ1v) is 9.71. The van der Waals surface area contributed by atoms with Crippen molar-refractivity contribution >= 4 is 11.6 Å². The minimum atomic E-state index is -1.46. The van der Waals surface area contributed by atoms with Gasteiger partial charge in [0.25, 0.3) is 0 Å². The van der Waals surface area contributed by atoms with E-state index in [1.165, 1.54) is 0 Å². The fraction of sp³-hybridized carbons (Fsp3) is 0.714. The van der Waals surface area contributed by atoms with Gasteiger partial charge >= 0.3 is 0 Å². The maximum Gasteiger partial charge on any atom is 0.190 e. The second-order valence-electron chi connectivity index (χ2n) is 9.36.